The third-order valence-corrected chi connectivity index (χ3v) is 5.97. The first-order chi connectivity index (χ1) is 15.3. The fourth-order valence-corrected chi connectivity index (χ4v) is 4.07. The fraction of sp³-hybridized carbons (Fsp3) is 0.625. The third-order valence-electron chi connectivity index (χ3n) is 5.74. The summed E-state index contributed by atoms with van der Waals surface area (Å²) in [6.07, 6.45) is 4.83. The molecule has 3 rings (SSSR count). The van der Waals surface area contributed by atoms with E-state index < -0.39 is 0 Å². The number of fused-ring (bicyclic) bond motifs is 1. The van der Waals surface area contributed by atoms with Crippen LogP contribution in [0.5, 0.6) is 5.75 Å². The number of carbonyl (C=O) groups is 3. The first-order valence-electron chi connectivity index (χ1n) is 11.6. The fourth-order valence-electron chi connectivity index (χ4n) is 3.89. The first-order valence-corrected chi connectivity index (χ1v) is 12.0. The molecule has 0 aromatic heterocycles. The molecule has 0 spiro atoms. The molecule has 0 radical (unpaired) electrons. The van der Waals surface area contributed by atoms with E-state index in [-0.39, 0.29) is 36.9 Å². The molecule has 1 aromatic carbocycles. The molecule has 1 aliphatic heterocycles. The lowest BCUT2D eigenvalue weighted by molar-refractivity contribution is -0.136. The Morgan fingerprint density at radius 1 is 1.25 bits per heavy atom. The first kappa shape index (κ1) is 24.4. The molecule has 1 aromatic rings. The number of benzene rings is 1. The number of amides is 3. The maximum Gasteiger partial charge on any atom is 0.255 e. The van der Waals surface area contributed by atoms with Crippen molar-refractivity contribution in [1.82, 2.24) is 15.5 Å². The molecule has 0 saturated heterocycles. The summed E-state index contributed by atoms with van der Waals surface area (Å²) in [5, 5.41) is 6.41. The SMILES string of the molecule is CC(C)C[C@H]1COc2ccc(Cl)cc2C(=O)NCCCCN(C(=O)CC2CC2)CC(=O)N1. The minimum atomic E-state index is -0.247. The van der Waals surface area contributed by atoms with Crippen LogP contribution in [0.3, 0.4) is 0 Å². The minimum Gasteiger partial charge on any atom is -0.491 e. The second kappa shape index (κ2) is 11.5. The lowest BCUT2D eigenvalue weighted by Gasteiger charge is -2.25. The molecular formula is C24H34ClN3O4. The van der Waals surface area contributed by atoms with Crippen molar-refractivity contribution in [3.05, 3.63) is 28.8 Å². The average molecular weight is 464 g/mol. The van der Waals surface area contributed by atoms with Crippen LogP contribution in [0.2, 0.25) is 5.02 Å². The van der Waals surface area contributed by atoms with Crippen LogP contribution in [0.1, 0.15) is 62.7 Å². The highest BCUT2D eigenvalue weighted by Crippen LogP contribution is 2.33. The van der Waals surface area contributed by atoms with Crippen molar-refractivity contribution in [2.24, 2.45) is 11.8 Å². The van der Waals surface area contributed by atoms with Gasteiger partial charge in [0.2, 0.25) is 11.8 Å². The van der Waals surface area contributed by atoms with Crippen molar-refractivity contribution in [2.45, 2.75) is 58.4 Å². The summed E-state index contributed by atoms with van der Waals surface area (Å²) in [7, 11) is 0. The number of carbonyl (C=O) groups excluding carboxylic acids is 3. The maximum atomic E-state index is 12.8. The van der Waals surface area contributed by atoms with E-state index in [2.05, 4.69) is 24.5 Å². The van der Waals surface area contributed by atoms with Crippen molar-refractivity contribution >= 4 is 29.3 Å². The van der Waals surface area contributed by atoms with Crippen molar-refractivity contribution < 1.29 is 19.1 Å². The summed E-state index contributed by atoms with van der Waals surface area (Å²) in [6.45, 7) is 5.41. The Labute approximate surface area is 195 Å². The minimum absolute atomic E-state index is 0.0368. The number of rotatable bonds is 4. The van der Waals surface area contributed by atoms with Crippen LogP contribution in [0, 0.1) is 11.8 Å². The molecule has 2 N–H and O–H groups in total. The normalized spacial score (nSPS) is 21.0. The molecule has 0 unspecified atom stereocenters. The van der Waals surface area contributed by atoms with Gasteiger partial charge in [0.15, 0.2) is 0 Å². The molecule has 7 nitrogen and oxygen atoms in total. The van der Waals surface area contributed by atoms with Crippen molar-refractivity contribution in [2.75, 3.05) is 26.2 Å². The van der Waals surface area contributed by atoms with Crippen LogP contribution in [0.4, 0.5) is 0 Å². The number of hydrogen-bond acceptors (Lipinski definition) is 4. The van der Waals surface area contributed by atoms with Crippen molar-refractivity contribution in [1.29, 1.82) is 0 Å². The highest BCUT2D eigenvalue weighted by atomic mass is 35.5. The van der Waals surface area contributed by atoms with Gasteiger partial charge in [0, 0.05) is 24.5 Å². The van der Waals surface area contributed by atoms with Crippen molar-refractivity contribution in [3.63, 3.8) is 0 Å². The van der Waals surface area contributed by atoms with E-state index in [4.69, 9.17) is 16.3 Å². The second-order valence-corrected chi connectivity index (χ2v) is 9.71. The Morgan fingerprint density at radius 2 is 2.03 bits per heavy atom. The summed E-state index contributed by atoms with van der Waals surface area (Å²) in [6, 6.07) is 4.72. The quantitative estimate of drug-likeness (QED) is 0.716. The summed E-state index contributed by atoms with van der Waals surface area (Å²) < 4.78 is 5.97. The number of nitrogens with one attached hydrogen (secondary N) is 2. The average Bonchev–Trinajstić information content (AvgIpc) is 3.54. The largest absolute Gasteiger partial charge is 0.491 e. The Morgan fingerprint density at radius 3 is 2.75 bits per heavy atom. The molecule has 2 aliphatic rings. The Hall–Kier alpha value is -2.28. The number of hydrogen-bond donors (Lipinski definition) is 2. The zero-order valence-corrected chi connectivity index (χ0v) is 19.7. The van der Waals surface area contributed by atoms with E-state index in [1.54, 1.807) is 23.1 Å². The molecule has 3 amide bonds. The monoisotopic (exact) mass is 463 g/mol. The van der Waals surface area contributed by atoms with Crippen LogP contribution in [-0.2, 0) is 9.59 Å². The Balaban J connectivity index is 1.76. The van der Waals surface area contributed by atoms with Gasteiger partial charge in [0.05, 0.1) is 18.2 Å². The van der Waals surface area contributed by atoms with Crippen LogP contribution in [0.25, 0.3) is 0 Å². The molecule has 1 saturated carbocycles. The van der Waals surface area contributed by atoms with Crippen LogP contribution in [-0.4, -0.2) is 54.9 Å². The molecule has 32 heavy (non-hydrogen) atoms. The molecule has 0 bridgehead atoms. The molecule has 176 valence electrons. The summed E-state index contributed by atoms with van der Waals surface area (Å²) in [4.78, 5) is 39.9. The van der Waals surface area contributed by atoms with Crippen LogP contribution < -0.4 is 15.4 Å². The summed E-state index contributed by atoms with van der Waals surface area (Å²) in [5.74, 6) is 0.855. The Kier molecular flexibility index (Phi) is 8.79. The third kappa shape index (κ3) is 7.69. The van der Waals surface area contributed by atoms with E-state index >= 15 is 0 Å². The molecule has 1 heterocycles. The topological polar surface area (TPSA) is 87.7 Å². The van der Waals surface area contributed by atoms with E-state index in [1.165, 1.54) is 0 Å². The zero-order valence-electron chi connectivity index (χ0n) is 19.0. The van der Waals surface area contributed by atoms with Gasteiger partial charge >= 0.3 is 0 Å². The number of nitrogens with zero attached hydrogens (tertiary/aromatic N) is 1. The van der Waals surface area contributed by atoms with Crippen LogP contribution in [0.15, 0.2) is 18.2 Å². The summed E-state index contributed by atoms with van der Waals surface area (Å²) >= 11 is 6.11. The van der Waals surface area contributed by atoms with Gasteiger partial charge in [-0.25, -0.2) is 0 Å². The van der Waals surface area contributed by atoms with Gasteiger partial charge in [0.25, 0.3) is 5.91 Å². The zero-order chi connectivity index (χ0) is 23.1. The smallest absolute Gasteiger partial charge is 0.255 e. The van der Waals surface area contributed by atoms with Gasteiger partial charge in [-0.2, -0.15) is 0 Å². The van der Waals surface area contributed by atoms with Gasteiger partial charge in [0.1, 0.15) is 12.4 Å². The molecular weight excluding hydrogens is 430 g/mol. The molecule has 1 fully saturated rings. The van der Waals surface area contributed by atoms with Crippen molar-refractivity contribution in [3.8, 4) is 5.75 Å². The number of ether oxygens (including phenoxy) is 1. The lowest BCUT2D eigenvalue weighted by atomic mass is 10.0. The van der Waals surface area contributed by atoms with Gasteiger partial charge in [-0.1, -0.05) is 25.4 Å². The van der Waals surface area contributed by atoms with Gasteiger partial charge in [-0.15, -0.1) is 0 Å². The predicted molar refractivity (Wildman–Crippen MR) is 124 cm³/mol. The van der Waals surface area contributed by atoms with E-state index in [0.717, 1.165) is 19.3 Å². The Bertz CT molecular complexity index is 825. The van der Waals surface area contributed by atoms with Crippen LogP contribution >= 0.6 is 11.6 Å². The molecule has 1 atom stereocenters. The second-order valence-electron chi connectivity index (χ2n) is 9.27. The van der Waals surface area contributed by atoms with Gasteiger partial charge < -0.3 is 20.3 Å². The number of halogens is 1. The van der Waals surface area contributed by atoms with E-state index in [0.29, 0.717) is 60.5 Å². The van der Waals surface area contributed by atoms with E-state index in [1.807, 2.05) is 0 Å². The highest BCUT2D eigenvalue weighted by molar-refractivity contribution is 6.31. The predicted octanol–water partition coefficient (Wildman–Crippen LogP) is 3.40. The van der Waals surface area contributed by atoms with E-state index in [9.17, 15) is 14.4 Å². The van der Waals surface area contributed by atoms with Gasteiger partial charge in [-0.05, 0) is 62.1 Å². The highest BCUT2D eigenvalue weighted by Gasteiger charge is 2.28. The van der Waals surface area contributed by atoms with Gasteiger partial charge in [-0.3, -0.25) is 14.4 Å². The summed E-state index contributed by atoms with van der Waals surface area (Å²) in [5.41, 5.74) is 0.378. The standard InChI is InChI=1S/C24H34ClN3O4/c1-16(2)11-19-15-32-21-8-7-18(25)13-20(21)24(31)26-9-3-4-10-28(14-22(29)27-19)23(30)12-17-5-6-17/h7-8,13,16-17,19H,3-6,9-12,14-15H2,1-2H3,(H,26,31)(H,27,29)/t19-/m0/s1. The molecule has 8 heteroatoms. The lowest BCUT2D eigenvalue weighted by Crippen LogP contribution is -2.46. The molecule has 1 aliphatic carbocycles. The maximum absolute atomic E-state index is 12.8.